The summed E-state index contributed by atoms with van der Waals surface area (Å²) in [6, 6.07) is 13.9. The van der Waals surface area contributed by atoms with Crippen LogP contribution in [0.5, 0.6) is 0 Å². The van der Waals surface area contributed by atoms with Gasteiger partial charge in [-0.05, 0) is 36.2 Å². The zero-order valence-corrected chi connectivity index (χ0v) is 15.6. The number of rotatable bonds is 9. The zero-order valence-electron chi connectivity index (χ0n) is 14.9. The Morgan fingerprint density at radius 1 is 0.885 bits per heavy atom. The third kappa shape index (κ3) is 6.19. The molecule has 0 amide bonds. The zero-order chi connectivity index (χ0) is 18.8. The molecule has 2 rings (SSSR count). The predicted octanol–water partition coefficient (Wildman–Crippen LogP) is 5.09. The number of hydrogen-bond acceptors (Lipinski definition) is 4. The van der Waals surface area contributed by atoms with Gasteiger partial charge in [0.1, 0.15) is 0 Å². The van der Waals surface area contributed by atoms with E-state index < -0.39 is 11.9 Å². The lowest BCUT2D eigenvalue weighted by Crippen LogP contribution is -2.15. The van der Waals surface area contributed by atoms with Crippen molar-refractivity contribution in [3.63, 3.8) is 0 Å². The lowest BCUT2D eigenvalue weighted by Gasteiger charge is -2.10. The van der Waals surface area contributed by atoms with E-state index in [0.29, 0.717) is 18.1 Å². The Morgan fingerprint density at radius 3 is 2.15 bits per heavy atom. The summed E-state index contributed by atoms with van der Waals surface area (Å²) in [6.45, 7) is 2.64. The highest BCUT2D eigenvalue weighted by Gasteiger charge is 2.18. The lowest BCUT2D eigenvalue weighted by molar-refractivity contribution is 0.0456. The van der Waals surface area contributed by atoms with Crippen LogP contribution in [-0.2, 0) is 15.9 Å². The molecular formula is C21H23ClO4. The largest absolute Gasteiger partial charge is 0.462 e. The third-order valence-electron chi connectivity index (χ3n) is 3.86. The lowest BCUT2D eigenvalue weighted by atomic mass is 10.1. The summed E-state index contributed by atoms with van der Waals surface area (Å²) in [5.41, 5.74) is 1.43. The summed E-state index contributed by atoms with van der Waals surface area (Å²) < 4.78 is 10.6. The molecular weight excluding hydrogens is 352 g/mol. The van der Waals surface area contributed by atoms with Gasteiger partial charge in [-0.1, -0.05) is 55.6 Å². The fraction of sp³-hybridized carbons (Fsp3) is 0.333. The molecule has 0 fully saturated rings. The van der Waals surface area contributed by atoms with Gasteiger partial charge in [0.15, 0.2) is 0 Å². The summed E-state index contributed by atoms with van der Waals surface area (Å²) in [5.74, 6) is -1.03. The van der Waals surface area contributed by atoms with Gasteiger partial charge in [0.2, 0.25) is 0 Å². The highest BCUT2D eigenvalue weighted by Crippen LogP contribution is 2.14. The average Bonchev–Trinajstić information content (AvgIpc) is 2.65. The summed E-state index contributed by atoms with van der Waals surface area (Å²) in [6.07, 6.45) is 3.41. The number of halogens is 1. The molecule has 5 heteroatoms. The van der Waals surface area contributed by atoms with Crippen LogP contribution in [0.1, 0.15) is 52.5 Å². The van der Waals surface area contributed by atoms with E-state index >= 15 is 0 Å². The molecule has 0 aliphatic rings. The van der Waals surface area contributed by atoms with Crippen molar-refractivity contribution in [3.05, 3.63) is 70.2 Å². The highest BCUT2D eigenvalue weighted by atomic mass is 35.5. The molecule has 26 heavy (non-hydrogen) atoms. The van der Waals surface area contributed by atoms with E-state index in [1.807, 2.05) is 18.2 Å². The number of unbranched alkanes of at least 4 members (excludes halogenated alkanes) is 2. The summed E-state index contributed by atoms with van der Waals surface area (Å²) >= 11 is 5.94. The Kier molecular flexibility index (Phi) is 8.16. The maximum absolute atomic E-state index is 12.3. The Morgan fingerprint density at radius 2 is 1.54 bits per heavy atom. The molecule has 2 aromatic rings. The van der Waals surface area contributed by atoms with Crippen molar-refractivity contribution < 1.29 is 19.1 Å². The van der Waals surface area contributed by atoms with Crippen LogP contribution < -0.4 is 0 Å². The molecule has 0 atom stereocenters. The minimum absolute atomic E-state index is 0.207. The Bertz CT molecular complexity index is 742. The van der Waals surface area contributed by atoms with Gasteiger partial charge in [-0.3, -0.25) is 0 Å². The van der Waals surface area contributed by atoms with Crippen molar-refractivity contribution in [1.82, 2.24) is 0 Å². The number of esters is 2. The second-order valence-corrected chi connectivity index (χ2v) is 6.34. The first kappa shape index (κ1) is 20.0. The number of hydrogen-bond donors (Lipinski definition) is 0. The molecule has 2 aromatic carbocycles. The van der Waals surface area contributed by atoms with Gasteiger partial charge in [0.25, 0.3) is 0 Å². The van der Waals surface area contributed by atoms with Gasteiger partial charge in [0, 0.05) is 11.4 Å². The third-order valence-corrected chi connectivity index (χ3v) is 4.10. The predicted molar refractivity (Wildman–Crippen MR) is 102 cm³/mol. The minimum Gasteiger partial charge on any atom is -0.462 e. The Balaban J connectivity index is 1.92. The summed E-state index contributed by atoms with van der Waals surface area (Å²) in [4.78, 5) is 24.6. The quantitative estimate of drug-likeness (QED) is 0.453. The van der Waals surface area contributed by atoms with Crippen LogP contribution in [0, 0.1) is 0 Å². The molecule has 0 N–H and O–H groups in total. The standard InChI is InChI=1S/C21H23ClO4/c1-2-3-6-13-25-20(23)18-10-4-5-11-19(18)21(24)26-14-12-16-8-7-9-17(22)15-16/h4-5,7-11,15H,2-3,6,12-14H2,1H3. The average molecular weight is 375 g/mol. The van der Waals surface area contributed by atoms with E-state index in [1.165, 1.54) is 0 Å². The van der Waals surface area contributed by atoms with Gasteiger partial charge in [-0.15, -0.1) is 0 Å². The van der Waals surface area contributed by atoms with Crippen molar-refractivity contribution >= 4 is 23.5 Å². The smallest absolute Gasteiger partial charge is 0.339 e. The van der Waals surface area contributed by atoms with Crippen molar-refractivity contribution in [2.24, 2.45) is 0 Å². The fourth-order valence-corrected chi connectivity index (χ4v) is 2.68. The first-order chi connectivity index (χ1) is 12.6. The van der Waals surface area contributed by atoms with Gasteiger partial charge in [0.05, 0.1) is 24.3 Å². The summed E-state index contributed by atoms with van der Waals surface area (Å²) in [5, 5.41) is 0.644. The number of benzene rings is 2. The maximum Gasteiger partial charge on any atom is 0.339 e. The van der Waals surface area contributed by atoms with Crippen molar-refractivity contribution in [1.29, 1.82) is 0 Å². The monoisotopic (exact) mass is 374 g/mol. The molecule has 0 aromatic heterocycles. The van der Waals surface area contributed by atoms with E-state index in [1.54, 1.807) is 30.3 Å². The SMILES string of the molecule is CCCCCOC(=O)c1ccccc1C(=O)OCCc1cccc(Cl)c1. The molecule has 0 radical (unpaired) electrons. The second-order valence-electron chi connectivity index (χ2n) is 5.90. The van der Waals surface area contributed by atoms with E-state index in [0.717, 1.165) is 24.8 Å². The molecule has 0 aliphatic carbocycles. The van der Waals surface area contributed by atoms with Crippen LogP contribution in [0.2, 0.25) is 5.02 Å². The van der Waals surface area contributed by atoms with Gasteiger partial charge in [-0.2, -0.15) is 0 Å². The first-order valence-electron chi connectivity index (χ1n) is 8.79. The molecule has 0 bridgehead atoms. The van der Waals surface area contributed by atoms with Crippen LogP contribution >= 0.6 is 11.6 Å². The molecule has 0 aliphatic heterocycles. The fourth-order valence-electron chi connectivity index (χ4n) is 2.47. The second kappa shape index (κ2) is 10.6. The molecule has 4 nitrogen and oxygen atoms in total. The van der Waals surface area contributed by atoms with E-state index in [2.05, 4.69) is 6.92 Å². The summed E-state index contributed by atoms with van der Waals surface area (Å²) in [7, 11) is 0. The van der Waals surface area contributed by atoms with Crippen LogP contribution in [0.3, 0.4) is 0 Å². The van der Waals surface area contributed by atoms with Crippen molar-refractivity contribution in [2.45, 2.75) is 32.6 Å². The van der Waals surface area contributed by atoms with Gasteiger partial charge in [-0.25, -0.2) is 9.59 Å². The molecule has 0 unspecified atom stereocenters. The molecule has 0 saturated heterocycles. The van der Waals surface area contributed by atoms with Crippen molar-refractivity contribution in [3.8, 4) is 0 Å². The van der Waals surface area contributed by atoms with Crippen LogP contribution in [-0.4, -0.2) is 25.2 Å². The van der Waals surface area contributed by atoms with Gasteiger partial charge < -0.3 is 9.47 Å². The topological polar surface area (TPSA) is 52.6 Å². The number of carbonyl (C=O) groups excluding carboxylic acids is 2. The number of ether oxygens (including phenoxy) is 2. The van der Waals surface area contributed by atoms with Crippen LogP contribution in [0.25, 0.3) is 0 Å². The number of carbonyl (C=O) groups is 2. The Labute approximate surface area is 159 Å². The molecule has 0 heterocycles. The van der Waals surface area contributed by atoms with Crippen LogP contribution in [0.15, 0.2) is 48.5 Å². The normalized spacial score (nSPS) is 10.4. The van der Waals surface area contributed by atoms with E-state index in [-0.39, 0.29) is 17.7 Å². The highest BCUT2D eigenvalue weighted by molar-refractivity contribution is 6.30. The van der Waals surface area contributed by atoms with Crippen molar-refractivity contribution in [2.75, 3.05) is 13.2 Å². The van der Waals surface area contributed by atoms with E-state index in [9.17, 15) is 9.59 Å². The van der Waals surface area contributed by atoms with Gasteiger partial charge >= 0.3 is 11.9 Å². The minimum atomic E-state index is -0.534. The first-order valence-corrected chi connectivity index (χ1v) is 9.17. The molecule has 0 spiro atoms. The maximum atomic E-state index is 12.3. The van der Waals surface area contributed by atoms with E-state index in [4.69, 9.17) is 21.1 Å². The molecule has 138 valence electrons. The van der Waals surface area contributed by atoms with Crippen LogP contribution in [0.4, 0.5) is 0 Å². The Hall–Kier alpha value is -2.33. The molecule has 0 saturated carbocycles.